The number of methoxy groups -OCH3 is 2. The number of anilines is 2. The molecule has 0 spiro atoms. The molecule has 32 heavy (non-hydrogen) atoms. The fourth-order valence-corrected chi connectivity index (χ4v) is 4.40. The number of rotatable bonds is 10. The van der Waals surface area contributed by atoms with Crippen LogP contribution in [0.25, 0.3) is 0 Å². The number of benzene rings is 2. The SMILES string of the molecule is COCCN(CC(=O)Nc1cccc(C)c1C)S(=O)(=O)c1ccc(OC)c(NC(C)=O)c1. The van der Waals surface area contributed by atoms with Crippen LogP contribution in [0.1, 0.15) is 18.1 Å². The quantitative estimate of drug-likeness (QED) is 0.560. The molecular weight excluding hydrogens is 434 g/mol. The van der Waals surface area contributed by atoms with Gasteiger partial charge in [-0.15, -0.1) is 0 Å². The molecule has 10 heteroatoms. The number of nitrogens with zero attached hydrogens (tertiary/aromatic N) is 1. The summed E-state index contributed by atoms with van der Waals surface area (Å²) in [6, 6.07) is 9.62. The fourth-order valence-electron chi connectivity index (χ4n) is 3.00. The maximum Gasteiger partial charge on any atom is 0.243 e. The van der Waals surface area contributed by atoms with E-state index in [9.17, 15) is 18.0 Å². The molecule has 0 aliphatic heterocycles. The Bertz CT molecular complexity index is 1090. The summed E-state index contributed by atoms with van der Waals surface area (Å²) in [5, 5.41) is 5.33. The monoisotopic (exact) mass is 463 g/mol. The first-order valence-corrected chi connectivity index (χ1v) is 11.3. The number of carbonyl (C=O) groups is 2. The van der Waals surface area contributed by atoms with E-state index in [1.54, 1.807) is 6.07 Å². The van der Waals surface area contributed by atoms with Gasteiger partial charge in [-0.05, 0) is 49.2 Å². The molecule has 0 aliphatic carbocycles. The second-order valence-corrected chi connectivity index (χ2v) is 9.11. The van der Waals surface area contributed by atoms with E-state index in [4.69, 9.17) is 9.47 Å². The maximum atomic E-state index is 13.3. The van der Waals surface area contributed by atoms with Gasteiger partial charge in [0, 0.05) is 26.3 Å². The second-order valence-electron chi connectivity index (χ2n) is 7.17. The van der Waals surface area contributed by atoms with Gasteiger partial charge in [-0.2, -0.15) is 4.31 Å². The Balaban J connectivity index is 2.33. The molecule has 0 saturated carbocycles. The van der Waals surface area contributed by atoms with Crippen molar-refractivity contribution in [3.05, 3.63) is 47.5 Å². The number of sulfonamides is 1. The van der Waals surface area contributed by atoms with E-state index in [2.05, 4.69) is 10.6 Å². The number of nitrogens with one attached hydrogen (secondary N) is 2. The summed E-state index contributed by atoms with van der Waals surface area (Å²) >= 11 is 0. The molecule has 2 N–H and O–H groups in total. The normalized spacial score (nSPS) is 11.3. The molecule has 2 rings (SSSR count). The minimum absolute atomic E-state index is 0.0272. The highest BCUT2D eigenvalue weighted by molar-refractivity contribution is 7.89. The molecule has 9 nitrogen and oxygen atoms in total. The van der Waals surface area contributed by atoms with Gasteiger partial charge in [0.25, 0.3) is 0 Å². The van der Waals surface area contributed by atoms with Crippen molar-refractivity contribution in [3.8, 4) is 5.75 Å². The van der Waals surface area contributed by atoms with E-state index in [1.165, 1.54) is 39.3 Å². The van der Waals surface area contributed by atoms with Gasteiger partial charge in [0.15, 0.2) is 0 Å². The van der Waals surface area contributed by atoms with Crippen molar-refractivity contribution in [1.82, 2.24) is 4.31 Å². The number of aryl methyl sites for hydroxylation is 1. The molecule has 0 aromatic heterocycles. The van der Waals surface area contributed by atoms with Crippen molar-refractivity contribution < 1.29 is 27.5 Å². The van der Waals surface area contributed by atoms with E-state index >= 15 is 0 Å². The van der Waals surface area contributed by atoms with E-state index in [-0.39, 0.29) is 29.6 Å². The smallest absolute Gasteiger partial charge is 0.243 e. The predicted octanol–water partition coefficient (Wildman–Crippen LogP) is 2.55. The highest BCUT2D eigenvalue weighted by Gasteiger charge is 2.28. The lowest BCUT2D eigenvalue weighted by molar-refractivity contribution is -0.116. The molecule has 2 amide bonds. The molecule has 174 valence electrons. The van der Waals surface area contributed by atoms with Gasteiger partial charge < -0.3 is 20.1 Å². The Morgan fingerprint density at radius 1 is 1.03 bits per heavy atom. The van der Waals surface area contributed by atoms with Crippen LogP contribution in [0.15, 0.2) is 41.3 Å². The van der Waals surface area contributed by atoms with Crippen LogP contribution in [-0.4, -0.2) is 58.5 Å². The number of hydrogen-bond acceptors (Lipinski definition) is 6. The molecule has 0 aliphatic rings. The van der Waals surface area contributed by atoms with E-state index in [0.717, 1.165) is 15.4 Å². The van der Waals surface area contributed by atoms with Crippen molar-refractivity contribution >= 4 is 33.2 Å². The molecule has 0 unspecified atom stereocenters. The van der Waals surface area contributed by atoms with Crippen molar-refractivity contribution in [3.63, 3.8) is 0 Å². The number of ether oxygens (including phenoxy) is 2. The van der Waals surface area contributed by atoms with Crippen LogP contribution in [0, 0.1) is 13.8 Å². The van der Waals surface area contributed by atoms with Crippen LogP contribution in [0.4, 0.5) is 11.4 Å². The zero-order chi connectivity index (χ0) is 23.9. The summed E-state index contributed by atoms with van der Waals surface area (Å²) in [5.41, 5.74) is 2.75. The van der Waals surface area contributed by atoms with Gasteiger partial charge in [0.1, 0.15) is 5.75 Å². The highest BCUT2D eigenvalue weighted by atomic mass is 32.2. The van der Waals surface area contributed by atoms with Crippen LogP contribution < -0.4 is 15.4 Å². The van der Waals surface area contributed by atoms with Crippen molar-refractivity contribution in [2.24, 2.45) is 0 Å². The molecule has 0 radical (unpaired) electrons. The first kappa shape index (κ1) is 25.3. The average Bonchev–Trinajstić information content (AvgIpc) is 2.73. The Kier molecular flexibility index (Phi) is 8.76. The lowest BCUT2D eigenvalue weighted by atomic mass is 10.1. The van der Waals surface area contributed by atoms with E-state index in [0.29, 0.717) is 11.4 Å². The number of amides is 2. The standard InChI is InChI=1S/C22H29N3O6S/c1-15-7-6-8-19(16(15)2)24-22(27)14-25(11-12-30-4)32(28,29)18-9-10-21(31-5)20(13-18)23-17(3)26/h6-10,13H,11-12,14H2,1-5H3,(H,23,26)(H,24,27). The van der Waals surface area contributed by atoms with Gasteiger partial charge in [-0.3, -0.25) is 9.59 Å². The molecule has 0 fully saturated rings. The zero-order valence-corrected chi connectivity index (χ0v) is 19.7. The summed E-state index contributed by atoms with van der Waals surface area (Å²) in [5.74, 6) is -0.536. The first-order chi connectivity index (χ1) is 15.1. The molecule has 2 aromatic rings. The van der Waals surface area contributed by atoms with Gasteiger partial charge in [-0.1, -0.05) is 12.1 Å². The molecule has 0 bridgehead atoms. The summed E-state index contributed by atoms with van der Waals surface area (Å²) < 4.78 is 37.9. The topological polar surface area (TPSA) is 114 Å². The van der Waals surface area contributed by atoms with Crippen LogP contribution in [0.2, 0.25) is 0 Å². The zero-order valence-electron chi connectivity index (χ0n) is 18.9. The van der Waals surface area contributed by atoms with Crippen molar-refractivity contribution in [1.29, 1.82) is 0 Å². The third-order valence-corrected chi connectivity index (χ3v) is 6.70. The number of carbonyl (C=O) groups excluding carboxylic acids is 2. The summed E-state index contributed by atoms with van der Waals surface area (Å²) in [7, 11) is -1.21. The maximum absolute atomic E-state index is 13.3. The minimum atomic E-state index is -4.08. The fraction of sp³-hybridized carbons (Fsp3) is 0.364. The first-order valence-electron chi connectivity index (χ1n) is 9.91. The van der Waals surface area contributed by atoms with Gasteiger partial charge >= 0.3 is 0 Å². The van der Waals surface area contributed by atoms with E-state index < -0.39 is 22.5 Å². The van der Waals surface area contributed by atoms with E-state index in [1.807, 2.05) is 26.0 Å². The Hall–Kier alpha value is -2.95. The van der Waals surface area contributed by atoms with Gasteiger partial charge in [0.05, 0.1) is 30.8 Å². The number of hydrogen-bond donors (Lipinski definition) is 2. The second kappa shape index (κ2) is 11.1. The Labute approximate surface area is 188 Å². The molecular formula is C22H29N3O6S. The average molecular weight is 464 g/mol. The van der Waals surface area contributed by atoms with Gasteiger partial charge in [0.2, 0.25) is 21.8 Å². The van der Waals surface area contributed by atoms with Crippen molar-refractivity contribution in [2.75, 3.05) is 44.5 Å². The van der Waals surface area contributed by atoms with Crippen LogP contribution in [0.5, 0.6) is 5.75 Å². The predicted molar refractivity (Wildman–Crippen MR) is 122 cm³/mol. The summed E-state index contributed by atoms with van der Waals surface area (Å²) in [6.45, 7) is 4.79. The minimum Gasteiger partial charge on any atom is -0.495 e. The third-order valence-electron chi connectivity index (χ3n) is 4.86. The lowest BCUT2D eigenvalue weighted by Crippen LogP contribution is -2.40. The molecule has 0 atom stereocenters. The van der Waals surface area contributed by atoms with Crippen LogP contribution in [-0.2, 0) is 24.3 Å². The van der Waals surface area contributed by atoms with Crippen LogP contribution in [0.3, 0.4) is 0 Å². The van der Waals surface area contributed by atoms with Crippen molar-refractivity contribution in [2.45, 2.75) is 25.7 Å². The largest absolute Gasteiger partial charge is 0.495 e. The molecule has 0 saturated heterocycles. The van der Waals surface area contributed by atoms with Gasteiger partial charge in [-0.25, -0.2) is 8.42 Å². The van der Waals surface area contributed by atoms with Crippen LogP contribution >= 0.6 is 0 Å². The summed E-state index contributed by atoms with van der Waals surface area (Å²) in [6.07, 6.45) is 0. The highest BCUT2D eigenvalue weighted by Crippen LogP contribution is 2.29. The molecule has 2 aromatic carbocycles. The summed E-state index contributed by atoms with van der Waals surface area (Å²) in [4.78, 5) is 24.1. The lowest BCUT2D eigenvalue weighted by Gasteiger charge is -2.22. The Morgan fingerprint density at radius 3 is 2.38 bits per heavy atom. The third kappa shape index (κ3) is 6.28. The molecule has 0 heterocycles. The Morgan fingerprint density at radius 2 is 1.75 bits per heavy atom.